The highest BCUT2D eigenvalue weighted by Gasteiger charge is 2.14. The van der Waals surface area contributed by atoms with Gasteiger partial charge in [-0.2, -0.15) is 0 Å². The minimum atomic E-state index is -0.159. The van der Waals surface area contributed by atoms with E-state index < -0.39 is 0 Å². The topological polar surface area (TPSA) is 75.4 Å². The number of rotatable bonds is 6. The standard InChI is InChI=1S/C11H23N3O2.ClH/c1-8(2)5-10(6-12)13-11(16)7-14(4)9(3)15;/h8,10H,5-7,12H2,1-4H3,(H,13,16);1H. The maximum Gasteiger partial charge on any atom is 0.239 e. The van der Waals surface area contributed by atoms with E-state index >= 15 is 0 Å². The van der Waals surface area contributed by atoms with Gasteiger partial charge in [-0.25, -0.2) is 0 Å². The van der Waals surface area contributed by atoms with E-state index in [-0.39, 0.29) is 36.8 Å². The van der Waals surface area contributed by atoms with Crippen LogP contribution in [0.15, 0.2) is 0 Å². The summed E-state index contributed by atoms with van der Waals surface area (Å²) in [6, 6.07) is -0.00661. The molecule has 0 saturated heterocycles. The summed E-state index contributed by atoms with van der Waals surface area (Å²) in [6.07, 6.45) is 0.853. The average Bonchev–Trinajstić information content (AvgIpc) is 2.15. The van der Waals surface area contributed by atoms with Crippen LogP contribution in [0.25, 0.3) is 0 Å². The summed E-state index contributed by atoms with van der Waals surface area (Å²) in [5, 5.41) is 2.83. The normalized spacial score (nSPS) is 11.6. The zero-order valence-corrected chi connectivity index (χ0v) is 11.8. The highest BCUT2D eigenvalue weighted by Crippen LogP contribution is 2.03. The lowest BCUT2D eigenvalue weighted by Crippen LogP contribution is -2.45. The number of hydrogen-bond donors (Lipinski definition) is 2. The first-order chi connectivity index (χ1) is 7.36. The zero-order chi connectivity index (χ0) is 12.7. The molecule has 0 aliphatic carbocycles. The molecule has 0 rings (SSSR count). The van der Waals surface area contributed by atoms with Crippen LogP contribution >= 0.6 is 12.4 Å². The van der Waals surface area contributed by atoms with Crippen LogP contribution in [-0.4, -0.2) is 42.9 Å². The molecule has 5 nitrogen and oxygen atoms in total. The molecule has 0 aliphatic heterocycles. The van der Waals surface area contributed by atoms with E-state index in [4.69, 9.17) is 5.73 Å². The Morgan fingerprint density at radius 2 is 1.88 bits per heavy atom. The van der Waals surface area contributed by atoms with Crippen LogP contribution in [0, 0.1) is 5.92 Å². The van der Waals surface area contributed by atoms with E-state index in [9.17, 15) is 9.59 Å². The van der Waals surface area contributed by atoms with Crippen LogP contribution in [0.4, 0.5) is 0 Å². The van der Waals surface area contributed by atoms with Gasteiger partial charge in [0.15, 0.2) is 0 Å². The van der Waals surface area contributed by atoms with Crippen molar-refractivity contribution in [3.63, 3.8) is 0 Å². The van der Waals surface area contributed by atoms with Gasteiger partial charge in [0.1, 0.15) is 0 Å². The second kappa shape index (κ2) is 9.24. The lowest BCUT2D eigenvalue weighted by Gasteiger charge is -2.21. The van der Waals surface area contributed by atoms with Gasteiger partial charge < -0.3 is 16.0 Å². The third-order valence-electron chi connectivity index (χ3n) is 2.32. The number of likely N-dealkylation sites (N-methyl/N-ethyl adjacent to an activating group) is 1. The van der Waals surface area contributed by atoms with Gasteiger partial charge in [-0.05, 0) is 12.3 Å². The van der Waals surface area contributed by atoms with Gasteiger partial charge in [0.25, 0.3) is 0 Å². The summed E-state index contributed by atoms with van der Waals surface area (Å²) >= 11 is 0. The molecule has 0 bridgehead atoms. The third-order valence-corrected chi connectivity index (χ3v) is 2.32. The lowest BCUT2D eigenvalue weighted by atomic mass is 10.0. The number of nitrogens with zero attached hydrogens (tertiary/aromatic N) is 1. The summed E-state index contributed by atoms with van der Waals surface area (Å²) in [5.41, 5.74) is 5.56. The highest BCUT2D eigenvalue weighted by molar-refractivity contribution is 5.85. The van der Waals surface area contributed by atoms with Gasteiger partial charge in [0.05, 0.1) is 6.54 Å². The minimum absolute atomic E-state index is 0. The van der Waals surface area contributed by atoms with Crippen molar-refractivity contribution < 1.29 is 9.59 Å². The van der Waals surface area contributed by atoms with E-state index in [0.29, 0.717) is 12.5 Å². The van der Waals surface area contributed by atoms with E-state index in [0.717, 1.165) is 6.42 Å². The Bertz CT molecular complexity index is 247. The number of halogens is 1. The van der Waals surface area contributed by atoms with Crippen molar-refractivity contribution >= 4 is 24.2 Å². The largest absolute Gasteiger partial charge is 0.351 e. The molecule has 1 unspecified atom stereocenters. The monoisotopic (exact) mass is 265 g/mol. The Hall–Kier alpha value is -0.810. The minimum Gasteiger partial charge on any atom is -0.351 e. The summed E-state index contributed by atoms with van der Waals surface area (Å²) < 4.78 is 0. The predicted octanol–water partition coefficient (Wildman–Crippen LogP) is 0.376. The van der Waals surface area contributed by atoms with Gasteiger partial charge in [-0.1, -0.05) is 13.8 Å². The molecule has 0 fully saturated rings. The van der Waals surface area contributed by atoms with Gasteiger partial charge in [-0.3, -0.25) is 9.59 Å². The smallest absolute Gasteiger partial charge is 0.239 e. The zero-order valence-electron chi connectivity index (χ0n) is 11.0. The summed E-state index contributed by atoms with van der Waals surface area (Å²) in [6.45, 7) is 6.10. The summed E-state index contributed by atoms with van der Waals surface area (Å²) in [7, 11) is 1.60. The third kappa shape index (κ3) is 8.94. The molecule has 102 valence electrons. The van der Waals surface area contributed by atoms with Crippen molar-refractivity contribution in [2.75, 3.05) is 20.1 Å². The molecule has 2 amide bonds. The Balaban J connectivity index is 0. The van der Waals surface area contributed by atoms with Gasteiger partial charge in [0.2, 0.25) is 11.8 Å². The van der Waals surface area contributed by atoms with Crippen molar-refractivity contribution in [2.45, 2.75) is 33.2 Å². The molecule has 17 heavy (non-hydrogen) atoms. The fourth-order valence-corrected chi connectivity index (χ4v) is 1.38. The molecule has 0 saturated carbocycles. The number of carbonyl (C=O) groups excluding carboxylic acids is 2. The molecule has 0 heterocycles. The molecular formula is C11H24ClN3O2. The van der Waals surface area contributed by atoms with Crippen molar-refractivity contribution in [3.8, 4) is 0 Å². The summed E-state index contributed by atoms with van der Waals surface area (Å²) in [4.78, 5) is 23.9. The van der Waals surface area contributed by atoms with Crippen LogP contribution in [0.5, 0.6) is 0 Å². The number of nitrogens with two attached hydrogens (primary N) is 1. The quantitative estimate of drug-likeness (QED) is 0.729. The Morgan fingerprint density at radius 3 is 2.24 bits per heavy atom. The number of nitrogens with one attached hydrogen (secondary N) is 1. The van der Waals surface area contributed by atoms with E-state index in [1.165, 1.54) is 11.8 Å². The number of carbonyl (C=O) groups is 2. The van der Waals surface area contributed by atoms with Crippen LogP contribution in [-0.2, 0) is 9.59 Å². The second-order valence-corrected chi connectivity index (χ2v) is 4.50. The van der Waals surface area contributed by atoms with Crippen LogP contribution < -0.4 is 11.1 Å². The number of amides is 2. The molecule has 0 aromatic heterocycles. The first-order valence-corrected chi connectivity index (χ1v) is 5.58. The van der Waals surface area contributed by atoms with Crippen LogP contribution in [0.1, 0.15) is 27.2 Å². The SMILES string of the molecule is CC(=O)N(C)CC(=O)NC(CN)CC(C)C.Cl. The summed E-state index contributed by atoms with van der Waals surface area (Å²) in [5.74, 6) is 0.205. The average molecular weight is 266 g/mol. The molecule has 1 atom stereocenters. The van der Waals surface area contributed by atoms with Crippen LogP contribution in [0.2, 0.25) is 0 Å². The lowest BCUT2D eigenvalue weighted by molar-refractivity contribution is -0.133. The molecule has 0 radical (unpaired) electrons. The van der Waals surface area contributed by atoms with Gasteiger partial charge in [-0.15, -0.1) is 12.4 Å². The first kappa shape index (κ1) is 18.6. The van der Waals surface area contributed by atoms with Crippen molar-refractivity contribution in [1.82, 2.24) is 10.2 Å². The Morgan fingerprint density at radius 1 is 1.35 bits per heavy atom. The Labute approximate surface area is 110 Å². The van der Waals surface area contributed by atoms with E-state index in [1.54, 1.807) is 7.05 Å². The molecule has 6 heteroatoms. The maximum absolute atomic E-state index is 11.5. The molecular weight excluding hydrogens is 242 g/mol. The molecule has 0 aromatic carbocycles. The first-order valence-electron chi connectivity index (χ1n) is 5.58. The fraction of sp³-hybridized carbons (Fsp3) is 0.818. The Kier molecular flexibility index (Phi) is 10.1. The molecule has 0 aromatic rings. The molecule has 0 spiro atoms. The van der Waals surface area contributed by atoms with E-state index in [2.05, 4.69) is 19.2 Å². The van der Waals surface area contributed by atoms with Gasteiger partial charge in [0, 0.05) is 26.6 Å². The molecule has 3 N–H and O–H groups in total. The highest BCUT2D eigenvalue weighted by atomic mass is 35.5. The number of hydrogen-bond acceptors (Lipinski definition) is 3. The second-order valence-electron chi connectivity index (χ2n) is 4.50. The maximum atomic E-state index is 11.5. The van der Waals surface area contributed by atoms with Crippen molar-refractivity contribution in [2.24, 2.45) is 11.7 Å². The van der Waals surface area contributed by atoms with Crippen molar-refractivity contribution in [3.05, 3.63) is 0 Å². The van der Waals surface area contributed by atoms with Crippen LogP contribution in [0.3, 0.4) is 0 Å². The molecule has 0 aliphatic rings. The predicted molar refractivity (Wildman–Crippen MR) is 71.0 cm³/mol. The van der Waals surface area contributed by atoms with Crippen molar-refractivity contribution in [1.29, 1.82) is 0 Å². The fourth-order valence-electron chi connectivity index (χ4n) is 1.38. The van der Waals surface area contributed by atoms with E-state index in [1.807, 2.05) is 0 Å². The van der Waals surface area contributed by atoms with Gasteiger partial charge >= 0.3 is 0 Å².